The number of hydrogen-bond donors (Lipinski definition) is 0. The highest BCUT2D eigenvalue weighted by Gasteiger charge is 2.30. The first kappa shape index (κ1) is 21.2. The molecule has 1 amide bonds. The molecular weight excluding hydrogens is 390 g/mol. The van der Waals surface area contributed by atoms with Crippen LogP contribution in [0.1, 0.15) is 29.0 Å². The number of benzene rings is 1. The molecule has 0 atom stereocenters. The molecule has 1 aliphatic heterocycles. The molecule has 8 heteroatoms. The number of rotatable bonds is 6. The Morgan fingerprint density at radius 3 is 2.50 bits per heavy atom. The van der Waals surface area contributed by atoms with Crippen LogP contribution in [0.2, 0.25) is 0 Å². The third-order valence-corrected chi connectivity index (χ3v) is 4.86. The number of nitrogens with zero attached hydrogens (tertiary/aromatic N) is 1. The summed E-state index contributed by atoms with van der Waals surface area (Å²) >= 11 is 0. The highest BCUT2D eigenvalue weighted by atomic mass is 16.6. The molecule has 0 radical (unpaired) electrons. The van der Waals surface area contributed by atoms with Crippen LogP contribution in [0.15, 0.2) is 47.1 Å². The molecule has 8 nitrogen and oxygen atoms in total. The Morgan fingerprint density at radius 1 is 1.10 bits per heavy atom. The van der Waals surface area contributed by atoms with Gasteiger partial charge in [0.15, 0.2) is 17.3 Å². The largest absolute Gasteiger partial charge is 0.493 e. The van der Waals surface area contributed by atoms with Crippen molar-refractivity contribution < 1.29 is 33.0 Å². The zero-order chi connectivity index (χ0) is 21.5. The molecule has 0 N–H and O–H groups in total. The summed E-state index contributed by atoms with van der Waals surface area (Å²) in [6.45, 7) is 0.904. The number of esters is 2. The third kappa shape index (κ3) is 5.08. The number of ether oxygens (including phenoxy) is 3. The molecule has 0 bridgehead atoms. The maximum Gasteiger partial charge on any atom is 0.330 e. The Kier molecular flexibility index (Phi) is 6.90. The minimum absolute atomic E-state index is 0.177. The van der Waals surface area contributed by atoms with Crippen LogP contribution in [-0.4, -0.2) is 50.1 Å². The number of furan rings is 1. The van der Waals surface area contributed by atoms with Crippen molar-refractivity contribution in [1.29, 1.82) is 0 Å². The van der Waals surface area contributed by atoms with Gasteiger partial charge in [-0.1, -0.05) is 6.07 Å². The van der Waals surface area contributed by atoms with Crippen molar-refractivity contribution in [3.63, 3.8) is 0 Å². The number of hydrogen-bond acceptors (Lipinski definition) is 7. The fraction of sp³-hybridized carbons (Fsp3) is 0.318. The average Bonchev–Trinajstić information content (AvgIpc) is 3.32. The van der Waals surface area contributed by atoms with E-state index < -0.39 is 5.97 Å². The number of methoxy groups -OCH3 is 2. The van der Waals surface area contributed by atoms with Crippen molar-refractivity contribution in [2.24, 2.45) is 5.92 Å². The Labute approximate surface area is 174 Å². The van der Waals surface area contributed by atoms with Crippen LogP contribution in [0.5, 0.6) is 11.5 Å². The van der Waals surface area contributed by atoms with Gasteiger partial charge < -0.3 is 23.5 Å². The SMILES string of the molecule is COC(=O)/C=C/c1ccc(OC(=O)C2CCN(C(=O)c3ccco3)CC2)c(OC)c1. The smallest absolute Gasteiger partial charge is 0.330 e. The van der Waals surface area contributed by atoms with E-state index in [0.717, 1.165) is 0 Å². The summed E-state index contributed by atoms with van der Waals surface area (Å²) in [6.07, 6.45) is 5.34. The van der Waals surface area contributed by atoms with Gasteiger partial charge in [-0.15, -0.1) is 0 Å². The summed E-state index contributed by atoms with van der Waals surface area (Å²) in [4.78, 5) is 37.8. The van der Waals surface area contributed by atoms with Crippen molar-refractivity contribution >= 4 is 23.9 Å². The first-order valence-corrected chi connectivity index (χ1v) is 9.50. The predicted molar refractivity (Wildman–Crippen MR) is 107 cm³/mol. The summed E-state index contributed by atoms with van der Waals surface area (Å²) in [7, 11) is 2.77. The second-order valence-corrected chi connectivity index (χ2v) is 6.73. The van der Waals surface area contributed by atoms with Crippen molar-refractivity contribution in [1.82, 2.24) is 4.90 Å². The van der Waals surface area contributed by atoms with Gasteiger partial charge in [0.25, 0.3) is 5.91 Å². The molecule has 2 heterocycles. The van der Waals surface area contributed by atoms with E-state index in [2.05, 4.69) is 4.74 Å². The molecule has 158 valence electrons. The van der Waals surface area contributed by atoms with Crippen molar-refractivity contribution in [2.75, 3.05) is 27.3 Å². The fourth-order valence-corrected chi connectivity index (χ4v) is 3.17. The molecule has 1 saturated heterocycles. The van der Waals surface area contributed by atoms with E-state index in [1.165, 1.54) is 26.6 Å². The first-order valence-electron chi connectivity index (χ1n) is 9.50. The summed E-state index contributed by atoms with van der Waals surface area (Å²) in [6, 6.07) is 8.27. The van der Waals surface area contributed by atoms with Crippen LogP contribution in [0.25, 0.3) is 6.08 Å². The second-order valence-electron chi connectivity index (χ2n) is 6.73. The lowest BCUT2D eigenvalue weighted by molar-refractivity contribution is -0.140. The Hall–Kier alpha value is -3.55. The topological polar surface area (TPSA) is 95.3 Å². The van der Waals surface area contributed by atoms with Gasteiger partial charge >= 0.3 is 11.9 Å². The molecule has 0 saturated carbocycles. The van der Waals surface area contributed by atoms with Crippen LogP contribution in [0.4, 0.5) is 0 Å². The molecule has 0 spiro atoms. The Bertz CT molecular complexity index is 925. The quantitative estimate of drug-likeness (QED) is 0.408. The Balaban J connectivity index is 1.59. The average molecular weight is 413 g/mol. The first-order chi connectivity index (χ1) is 14.5. The van der Waals surface area contributed by atoms with E-state index in [1.54, 1.807) is 41.3 Å². The van der Waals surface area contributed by atoms with Crippen LogP contribution in [0.3, 0.4) is 0 Å². The van der Waals surface area contributed by atoms with Gasteiger partial charge in [0.1, 0.15) is 0 Å². The lowest BCUT2D eigenvalue weighted by atomic mass is 9.97. The Morgan fingerprint density at radius 2 is 1.87 bits per heavy atom. The maximum absolute atomic E-state index is 12.6. The predicted octanol–water partition coefficient (Wildman–Crippen LogP) is 2.93. The second kappa shape index (κ2) is 9.78. The maximum atomic E-state index is 12.6. The van der Waals surface area contributed by atoms with E-state index >= 15 is 0 Å². The number of likely N-dealkylation sites (tertiary alicyclic amines) is 1. The fourth-order valence-electron chi connectivity index (χ4n) is 3.17. The van der Waals surface area contributed by atoms with Crippen LogP contribution >= 0.6 is 0 Å². The molecule has 1 aromatic heterocycles. The molecule has 1 fully saturated rings. The van der Waals surface area contributed by atoms with Crippen molar-refractivity contribution in [2.45, 2.75) is 12.8 Å². The number of piperidine rings is 1. The van der Waals surface area contributed by atoms with Crippen LogP contribution in [-0.2, 0) is 14.3 Å². The van der Waals surface area contributed by atoms with Gasteiger partial charge in [-0.2, -0.15) is 0 Å². The van der Waals surface area contributed by atoms with Crippen LogP contribution in [0, 0.1) is 5.92 Å². The van der Waals surface area contributed by atoms with E-state index in [0.29, 0.717) is 48.8 Å². The zero-order valence-electron chi connectivity index (χ0n) is 16.8. The molecule has 1 aromatic carbocycles. The number of amides is 1. The summed E-state index contributed by atoms with van der Waals surface area (Å²) in [5.41, 5.74) is 0.696. The summed E-state index contributed by atoms with van der Waals surface area (Å²) < 4.78 is 20.6. The van der Waals surface area contributed by atoms with E-state index in [9.17, 15) is 14.4 Å². The van der Waals surface area contributed by atoms with E-state index in [4.69, 9.17) is 13.9 Å². The highest BCUT2D eigenvalue weighted by molar-refractivity contribution is 5.91. The monoisotopic (exact) mass is 413 g/mol. The van der Waals surface area contributed by atoms with Crippen molar-refractivity contribution in [3.8, 4) is 11.5 Å². The zero-order valence-corrected chi connectivity index (χ0v) is 16.8. The molecule has 0 unspecified atom stereocenters. The van der Waals surface area contributed by atoms with Gasteiger partial charge in [0, 0.05) is 19.2 Å². The highest BCUT2D eigenvalue weighted by Crippen LogP contribution is 2.30. The lowest BCUT2D eigenvalue weighted by Gasteiger charge is -2.30. The van der Waals surface area contributed by atoms with Gasteiger partial charge in [-0.3, -0.25) is 9.59 Å². The van der Waals surface area contributed by atoms with Gasteiger partial charge in [0.2, 0.25) is 0 Å². The molecule has 2 aromatic rings. The number of carbonyl (C=O) groups is 3. The van der Waals surface area contributed by atoms with Crippen LogP contribution < -0.4 is 9.47 Å². The van der Waals surface area contributed by atoms with Gasteiger partial charge in [-0.05, 0) is 48.7 Å². The normalized spacial score (nSPS) is 14.5. The minimum Gasteiger partial charge on any atom is -0.493 e. The standard InChI is InChI=1S/C22H23NO7/c1-27-19-14-15(6-8-20(24)28-2)5-7-17(19)30-22(26)16-9-11-23(12-10-16)21(25)18-4-3-13-29-18/h3-8,13-14,16H,9-12H2,1-2H3/b8-6+. The molecule has 3 rings (SSSR count). The van der Waals surface area contributed by atoms with Gasteiger partial charge in [-0.25, -0.2) is 4.79 Å². The van der Waals surface area contributed by atoms with E-state index in [1.807, 2.05) is 0 Å². The third-order valence-electron chi connectivity index (χ3n) is 4.86. The molecule has 30 heavy (non-hydrogen) atoms. The lowest BCUT2D eigenvalue weighted by Crippen LogP contribution is -2.41. The number of carbonyl (C=O) groups excluding carboxylic acids is 3. The molecular formula is C22H23NO7. The van der Waals surface area contributed by atoms with E-state index in [-0.39, 0.29) is 17.8 Å². The molecule has 0 aliphatic carbocycles. The molecule has 1 aliphatic rings. The summed E-state index contributed by atoms with van der Waals surface area (Å²) in [5, 5.41) is 0. The minimum atomic E-state index is -0.471. The summed E-state index contributed by atoms with van der Waals surface area (Å²) in [5.74, 6) is -0.356. The van der Waals surface area contributed by atoms with Crippen molar-refractivity contribution in [3.05, 3.63) is 54.0 Å². The van der Waals surface area contributed by atoms with Gasteiger partial charge in [0.05, 0.1) is 26.4 Å².